The summed E-state index contributed by atoms with van der Waals surface area (Å²) >= 11 is 0. The van der Waals surface area contributed by atoms with Gasteiger partial charge in [0.2, 0.25) is 0 Å². The molecule has 2 aromatic carbocycles. The third-order valence-electron chi connectivity index (χ3n) is 3.87. The van der Waals surface area contributed by atoms with E-state index in [1.54, 1.807) is 30.3 Å². The number of nitrogen functional groups attached to an aromatic ring is 1. The number of nitrogens with two attached hydrogens (primary N) is 2. The molecule has 0 saturated carbocycles. The van der Waals surface area contributed by atoms with Crippen molar-refractivity contribution in [2.24, 2.45) is 5.73 Å². The second-order valence-corrected chi connectivity index (χ2v) is 7.48. The van der Waals surface area contributed by atoms with Crippen molar-refractivity contribution in [3.05, 3.63) is 53.1 Å². The zero-order chi connectivity index (χ0) is 16.6. The fourth-order valence-corrected chi connectivity index (χ4v) is 4.30. The van der Waals surface area contributed by atoms with Gasteiger partial charge in [0.1, 0.15) is 0 Å². The number of sulfone groups is 1. The summed E-state index contributed by atoms with van der Waals surface area (Å²) in [4.78, 5) is 0.187. The van der Waals surface area contributed by atoms with E-state index in [1.165, 1.54) is 6.07 Å². The Morgan fingerprint density at radius 1 is 1.22 bits per heavy atom. The predicted octanol–water partition coefficient (Wildman–Crippen LogP) is -0.0809. The summed E-state index contributed by atoms with van der Waals surface area (Å²) in [6.45, 7) is 0.426. The van der Waals surface area contributed by atoms with Crippen LogP contribution in [-0.4, -0.2) is 20.6 Å². The van der Waals surface area contributed by atoms with Gasteiger partial charge in [-0.2, -0.15) is 0 Å². The Labute approximate surface area is 135 Å². The van der Waals surface area contributed by atoms with E-state index < -0.39 is 17.0 Å². The van der Waals surface area contributed by atoms with Crippen LogP contribution in [0.15, 0.2) is 41.3 Å². The first kappa shape index (κ1) is 16.0. The Kier molecular flexibility index (Phi) is 4.16. The number of fused-ring (bicyclic) bond motifs is 1. The molecule has 23 heavy (non-hydrogen) atoms. The molecule has 5 N–H and O–H groups in total. The van der Waals surface area contributed by atoms with Gasteiger partial charge in [-0.1, -0.05) is 18.2 Å². The highest BCUT2D eigenvalue weighted by molar-refractivity contribution is 7.90. The summed E-state index contributed by atoms with van der Waals surface area (Å²) in [7, 11) is -4.56. The van der Waals surface area contributed by atoms with Gasteiger partial charge in [-0.3, -0.25) is 0 Å². The Hall–Kier alpha value is -1.87. The molecule has 0 bridgehead atoms. The lowest BCUT2D eigenvalue weighted by Crippen LogP contribution is -2.28. The van der Waals surface area contributed by atoms with Crippen LogP contribution >= 0.6 is 0 Å². The molecule has 0 aromatic heterocycles. The Morgan fingerprint density at radius 2 is 2.00 bits per heavy atom. The van der Waals surface area contributed by atoms with Gasteiger partial charge >= 0.3 is 7.12 Å². The van der Waals surface area contributed by atoms with Crippen LogP contribution in [0.2, 0.25) is 0 Å². The number of hydrogen-bond acceptors (Lipinski definition) is 6. The van der Waals surface area contributed by atoms with E-state index >= 15 is 0 Å². The SMILES string of the molecule is NCc1cc(N)ccc1S(=O)(=O)Cc1ccc2c(c1)B(O)OC2. The Bertz CT molecular complexity index is 855. The maximum Gasteiger partial charge on any atom is 0.491 e. The molecule has 0 unspecified atom stereocenters. The predicted molar refractivity (Wildman–Crippen MR) is 88.5 cm³/mol. The standard InChI is InChI=1S/C15H17BN2O4S/c17-7-12-6-13(18)3-4-15(12)23(20,21)9-10-1-2-11-8-22-16(19)14(11)5-10/h1-6,19H,7-9,17-18H2. The molecule has 0 fully saturated rings. The number of benzene rings is 2. The first-order valence-corrected chi connectivity index (χ1v) is 8.78. The van der Waals surface area contributed by atoms with Crippen LogP contribution in [0.3, 0.4) is 0 Å². The van der Waals surface area contributed by atoms with Crippen molar-refractivity contribution in [2.75, 3.05) is 5.73 Å². The van der Waals surface area contributed by atoms with Crippen LogP contribution in [0.25, 0.3) is 0 Å². The zero-order valence-corrected chi connectivity index (χ0v) is 13.2. The maximum absolute atomic E-state index is 12.7. The summed E-state index contributed by atoms with van der Waals surface area (Å²) in [6.07, 6.45) is 0. The minimum absolute atomic E-state index is 0.0936. The lowest BCUT2D eigenvalue weighted by Gasteiger charge is -2.11. The Balaban J connectivity index is 1.95. The van der Waals surface area contributed by atoms with E-state index in [0.29, 0.717) is 28.9 Å². The van der Waals surface area contributed by atoms with Gasteiger partial charge in [-0.25, -0.2) is 8.42 Å². The lowest BCUT2D eigenvalue weighted by molar-refractivity contribution is 0.275. The number of anilines is 1. The molecule has 0 atom stereocenters. The minimum Gasteiger partial charge on any atom is -0.423 e. The maximum atomic E-state index is 12.7. The molecule has 1 aliphatic heterocycles. The van der Waals surface area contributed by atoms with Gasteiger partial charge in [0.15, 0.2) is 9.84 Å². The monoisotopic (exact) mass is 332 g/mol. The van der Waals surface area contributed by atoms with Gasteiger partial charge in [-0.15, -0.1) is 0 Å². The average molecular weight is 332 g/mol. The highest BCUT2D eigenvalue weighted by Crippen LogP contribution is 2.23. The molecule has 120 valence electrons. The summed E-state index contributed by atoms with van der Waals surface area (Å²) in [5.41, 5.74) is 14.4. The van der Waals surface area contributed by atoms with E-state index in [9.17, 15) is 13.4 Å². The van der Waals surface area contributed by atoms with E-state index in [-0.39, 0.29) is 17.2 Å². The fourth-order valence-electron chi connectivity index (χ4n) is 2.71. The van der Waals surface area contributed by atoms with Crippen molar-refractivity contribution >= 4 is 28.1 Å². The van der Waals surface area contributed by atoms with Crippen LogP contribution < -0.4 is 16.9 Å². The molecule has 6 nitrogen and oxygen atoms in total. The van der Waals surface area contributed by atoms with E-state index in [0.717, 1.165) is 5.56 Å². The lowest BCUT2D eigenvalue weighted by atomic mass is 9.79. The third-order valence-corrected chi connectivity index (χ3v) is 5.65. The first-order valence-electron chi connectivity index (χ1n) is 7.13. The van der Waals surface area contributed by atoms with Crippen molar-refractivity contribution in [2.45, 2.75) is 23.8 Å². The largest absolute Gasteiger partial charge is 0.491 e. The van der Waals surface area contributed by atoms with Gasteiger partial charge in [0.05, 0.1) is 17.3 Å². The molecule has 0 aliphatic carbocycles. The van der Waals surface area contributed by atoms with E-state index in [1.807, 2.05) is 0 Å². The number of rotatable bonds is 4. The van der Waals surface area contributed by atoms with E-state index in [4.69, 9.17) is 16.1 Å². The van der Waals surface area contributed by atoms with Crippen LogP contribution in [0.5, 0.6) is 0 Å². The summed E-state index contributed by atoms with van der Waals surface area (Å²) in [5.74, 6) is -0.177. The fraction of sp³-hybridized carbons (Fsp3) is 0.200. The van der Waals surface area contributed by atoms with E-state index in [2.05, 4.69) is 0 Å². The van der Waals surface area contributed by atoms with Crippen LogP contribution in [0.1, 0.15) is 16.7 Å². The summed E-state index contributed by atoms with van der Waals surface area (Å²) in [5, 5.41) is 9.73. The summed E-state index contributed by atoms with van der Waals surface area (Å²) in [6, 6.07) is 9.79. The molecule has 2 aromatic rings. The van der Waals surface area contributed by atoms with Gasteiger partial charge in [0.25, 0.3) is 0 Å². The van der Waals surface area contributed by atoms with Gasteiger partial charge in [0, 0.05) is 12.2 Å². The Morgan fingerprint density at radius 3 is 2.74 bits per heavy atom. The summed E-state index contributed by atoms with van der Waals surface area (Å²) < 4.78 is 30.5. The molecule has 0 saturated heterocycles. The molecule has 0 amide bonds. The van der Waals surface area contributed by atoms with Crippen molar-refractivity contribution < 1.29 is 18.1 Å². The molecular formula is C15H17BN2O4S. The molecule has 3 rings (SSSR count). The van der Waals surface area contributed by atoms with Gasteiger partial charge in [-0.05, 0) is 40.4 Å². The second kappa shape index (κ2) is 5.97. The highest BCUT2D eigenvalue weighted by Gasteiger charge is 2.28. The molecule has 8 heteroatoms. The first-order chi connectivity index (χ1) is 10.9. The number of hydrogen-bond donors (Lipinski definition) is 3. The van der Waals surface area contributed by atoms with Crippen molar-refractivity contribution in [3.8, 4) is 0 Å². The van der Waals surface area contributed by atoms with Crippen molar-refractivity contribution in [3.63, 3.8) is 0 Å². The van der Waals surface area contributed by atoms with Crippen LogP contribution in [0.4, 0.5) is 5.69 Å². The van der Waals surface area contributed by atoms with Crippen LogP contribution in [-0.2, 0) is 33.4 Å². The quantitative estimate of drug-likeness (QED) is 0.533. The minimum atomic E-state index is -3.57. The molecule has 0 radical (unpaired) electrons. The second-order valence-electron chi connectivity index (χ2n) is 5.53. The normalized spacial score (nSPS) is 14.1. The van der Waals surface area contributed by atoms with Crippen molar-refractivity contribution in [1.29, 1.82) is 0 Å². The van der Waals surface area contributed by atoms with Crippen LogP contribution in [0, 0.1) is 0 Å². The average Bonchev–Trinajstić information content (AvgIpc) is 2.87. The highest BCUT2D eigenvalue weighted by atomic mass is 32.2. The molecular weight excluding hydrogens is 315 g/mol. The topological polar surface area (TPSA) is 116 Å². The van der Waals surface area contributed by atoms with Crippen molar-refractivity contribution in [1.82, 2.24) is 0 Å². The third kappa shape index (κ3) is 3.11. The molecule has 1 heterocycles. The molecule has 0 spiro atoms. The smallest absolute Gasteiger partial charge is 0.423 e. The zero-order valence-electron chi connectivity index (χ0n) is 12.4. The van der Waals surface area contributed by atoms with Gasteiger partial charge < -0.3 is 21.1 Å². The molecule has 1 aliphatic rings.